The molecule has 0 radical (unpaired) electrons. The second-order valence-corrected chi connectivity index (χ2v) is 8.62. The molecule has 186 valence electrons. The zero-order valence-corrected chi connectivity index (χ0v) is 19.8. The first kappa shape index (κ1) is 25.1. The number of methoxy groups -OCH3 is 2. The van der Waals surface area contributed by atoms with Gasteiger partial charge in [-0.05, 0) is 53.1 Å². The van der Waals surface area contributed by atoms with E-state index < -0.39 is 35.3 Å². The third-order valence-corrected chi connectivity index (χ3v) is 6.31. The van der Waals surface area contributed by atoms with Gasteiger partial charge in [-0.2, -0.15) is 13.2 Å². The van der Waals surface area contributed by atoms with Gasteiger partial charge in [-0.3, -0.25) is 19.3 Å². The highest BCUT2D eigenvalue weighted by Crippen LogP contribution is 2.37. The van der Waals surface area contributed by atoms with Crippen LogP contribution in [0.1, 0.15) is 11.1 Å². The molecule has 3 aromatic rings. The zero-order valence-electron chi connectivity index (χ0n) is 19.0. The largest absolute Gasteiger partial charge is 0.496 e. The molecule has 0 aliphatic carbocycles. The summed E-state index contributed by atoms with van der Waals surface area (Å²) in [6.45, 7) is -0.676. The van der Waals surface area contributed by atoms with Gasteiger partial charge >= 0.3 is 6.18 Å². The lowest BCUT2D eigenvalue weighted by atomic mass is 10.0. The molecule has 1 aliphatic heterocycles. The van der Waals surface area contributed by atoms with Crippen LogP contribution in [0, 0.1) is 0 Å². The van der Waals surface area contributed by atoms with Crippen molar-refractivity contribution in [3.63, 3.8) is 0 Å². The number of alkyl halides is 3. The smallest absolute Gasteiger partial charge is 0.416 e. The van der Waals surface area contributed by atoms with E-state index in [0.717, 1.165) is 33.9 Å². The summed E-state index contributed by atoms with van der Waals surface area (Å²) in [4.78, 5) is 38.8. The summed E-state index contributed by atoms with van der Waals surface area (Å²) < 4.78 is 49.6. The van der Waals surface area contributed by atoms with Crippen molar-refractivity contribution < 1.29 is 37.0 Å². The molecule has 3 amide bonds. The number of thioether (sulfide) groups is 1. The molecule has 1 N–H and O–H groups in total. The molecular formula is C25H19F3N2O5S. The van der Waals surface area contributed by atoms with Crippen LogP contribution in [0.4, 0.5) is 23.7 Å². The molecule has 11 heteroatoms. The Bertz CT molecular complexity index is 1400. The first-order chi connectivity index (χ1) is 17.1. The number of amides is 3. The van der Waals surface area contributed by atoms with Gasteiger partial charge in [0.1, 0.15) is 18.0 Å². The Labute approximate surface area is 207 Å². The topological polar surface area (TPSA) is 84.9 Å². The van der Waals surface area contributed by atoms with Crippen molar-refractivity contribution in [3.8, 4) is 11.5 Å². The minimum atomic E-state index is -4.63. The maximum absolute atomic E-state index is 13.1. The lowest BCUT2D eigenvalue weighted by Gasteiger charge is -2.16. The number of carbonyl (C=O) groups excluding carboxylic acids is 3. The second-order valence-electron chi connectivity index (χ2n) is 7.63. The van der Waals surface area contributed by atoms with E-state index in [9.17, 15) is 27.6 Å². The molecular weight excluding hydrogens is 497 g/mol. The van der Waals surface area contributed by atoms with Crippen LogP contribution in [0.5, 0.6) is 11.5 Å². The number of halogens is 3. The quantitative estimate of drug-likeness (QED) is 0.433. The van der Waals surface area contributed by atoms with Crippen LogP contribution in [0.3, 0.4) is 0 Å². The minimum Gasteiger partial charge on any atom is -0.496 e. The van der Waals surface area contributed by atoms with E-state index in [4.69, 9.17) is 9.47 Å². The van der Waals surface area contributed by atoms with Gasteiger partial charge in [0.05, 0.1) is 30.4 Å². The van der Waals surface area contributed by atoms with E-state index in [1.165, 1.54) is 7.11 Å². The molecule has 0 spiro atoms. The van der Waals surface area contributed by atoms with Crippen LogP contribution in [0.2, 0.25) is 0 Å². The predicted octanol–water partition coefficient (Wildman–Crippen LogP) is 5.55. The molecule has 1 fully saturated rings. The fourth-order valence-electron chi connectivity index (χ4n) is 3.69. The van der Waals surface area contributed by atoms with Crippen molar-refractivity contribution in [2.75, 3.05) is 26.1 Å². The Morgan fingerprint density at radius 1 is 1.00 bits per heavy atom. The number of carbonyl (C=O) groups is 3. The highest BCUT2D eigenvalue weighted by Gasteiger charge is 2.37. The summed E-state index contributed by atoms with van der Waals surface area (Å²) in [7, 11) is 2.79. The normalized spacial score (nSPS) is 15.0. The van der Waals surface area contributed by atoms with E-state index in [2.05, 4.69) is 5.32 Å². The monoisotopic (exact) mass is 516 g/mol. The van der Waals surface area contributed by atoms with Gasteiger partial charge in [-0.1, -0.05) is 30.3 Å². The van der Waals surface area contributed by atoms with Crippen molar-refractivity contribution >= 4 is 51.4 Å². The van der Waals surface area contributed by atoms with Crippen molar-refractivity contribution in [2.45, 2.75) is 6.18 Å². The fourth-order valence-corrected chi connectivity index (χ4v) is 4.52. The van der Waals surface area contributed by atoms with E-state index >= 15 is 0 Å². The average Bonchev–Trinajstić information content (AvgIpc) is 3.10. The van der Waals surface area contributed by atoms with Crippen LogP contribution < -0.4 is 14.8 Å². The highest BCUT2D eigenvalue weighted by atomic mass is 32.2. The standard InChI is InChI=1S/C25H19F3N2O5S/c1-34-19-9-7-14(16-5-3-4-6-17(16)19)11-21-23(32)30(24(33)36-21)13-22(31)29-18-12-15(25(26,27)28)8-10-20(18)35-2/h3-12H,13H2,1-2H3,(H,29,31)/b21-11-. The molecule has 0 aromatic heterocycles. The summed E-state index contributed by atoms with van der Waals surface area (Å²) >= 11 is 0.671. The number of nitrogens with zero attached hydrogens (tertiary/aromatic N) is 1. The van der Waals surface area contributed by atoms with E-state index in [0.29, 0.717) is 23.1 Å². The summed E-state index contributed by atoms with van der Waals surface area (Å²) in [5, 5.41) is 3.24. The summed E-state index contributed by atoms with van der Waals surface area (Å²) in [5.74, 6) is -0.892. The third kappa shape index (κ3) is 5.01. The first-order valence-corrected chi connectivity index (χ1v) is 11.3. The molecule has 7 nitrogen and oxygen atoms in total. The van der Waals surface area contributed by atoms with Gasteiger partial charge in [-0.15, -0.1) is 0 Å². The number of anilines is 1. The molecule has 36 heavy (non-hydrogen) atoms. The second kappa shape index (κ2) is 9.94. The molecule has 3 aromatic carbocycles. The van der Waals surface area contributed by atoms with E-state index in [1.54, 1.807) is 25.3 Å². The van der Waals surface area contributed by atoms with Gasteiger partial charge in [0, 0.05) is 5.39 Å². The third-order valence-electron chi connectivity index (χ3n) is 5.40. The zero-order chi connectivity index (χ0) is 26.0. The van der Waals surface area contributed by atoms with Crippen molar-refractivity contribution in [3.05, 3.63) is 70.6 Å². The van der Waals surface area contributed by atoms with Crippen LogP contribution in [0.25, 0.3) is 16.8 Å². The van der Waals surface area contributed by atoms with Gasteiger partial charge in [0.2, 0.25) is 5.91 Å². The Morgan fingerprint density at radius 2 is 1.67 bits per heavy atom. The number of fused-ring (bicyclic) bond motifs is 1. The fraction of sp³-hybridized carbons (Fsp3) is 0.160. The van der Waals surface area contributed by atoms with Crippen LogP contribution in [-0.4, -0.2) is 42.7 Å². The lowest BCUT2D eigenvalue weighted by molar-refractivity contribution is -0.137. The molecule has 0 unspecified atom stereocenters. The molecule has 0 bridgehead atoms. The summed E-state index contributed by atoms with van der Waals surface area (Å²) in [5.41, 5.74) is -0.543. The Kier molecular flexibility index (Phi) is 6.93. The Balaban J connectivity index is 1.55. The molecule has 4 rings (SSSR count). The average molecular weight is 516 g/mol. The summed E-state index contributed by atoms with van der Waals surface area (Å²) in [6, 6.07) is 13.5. The van der Waals surface area contributed by atoms with Crippen molar-refractivity contribution in [2.24, 2.45) is 0 Å². The van der Waals surface area contributed by atoms with Crippen LogP contribution in [0.15, 0.2) is 59.5 Å². The molecule has 1 saturated heterocycles. The van der Waals surface area contributed by atoms with Gasteiger partial charge < -0.3 is 14.8 Å². The molecule has 1 heterocycles. The molecule has 1 aliphatic rings. The van der Waals surface area contributed by atoms with E-state index in [-0.39, 0.29) is 16.3 Å². The van der Waals surface area contributed by atoms with Gasteiger partial charge in [0.15, 0.2) is 0 Å². The van der Waals surface area contributed by atoms with Gasteiger partial charge in [0.25, 0.3) is 11.1 Å². The Hall–Kier alpha value is -3.99. The van der Waals surface area contributed by atoms with E-state index in [1.807, 2.05) is 24.3 Å². The highest BCUT2D eigenvalue weighted by molar-refractivity contribution is 8.18. The van der Waals surface area contributed by atoms with Crippen molar-refractivity contribution in [1.82, 2.24) is 4.90 Å². The number of hydrogen-bond donors (Lipinski definition) is 1. The molecule has 0 atom stereocenters. The van der Waals surface area contributed by atoms with Crippen LogP contribution >= 0.6 is 11.8 Å². The Morgan fingerprint density at radius 3 is 2.33 bits per heavy atom. The number of rotatable bonds is 6. The number of hydrogen-bond acceptors (Lipinski definition) is 6. The van der Waals surface area contributed by atoms with Gasteiger partial charge in [-0.25, -0.2) is 0 Å². The molecule has 0 saturated carbocycles. The summed E-state index contributed by atoms with van der Waals surface area (Å²) in [6.07, 6.45) is -3.07. The number of benzene rings is 3. The maximum Gasteiger partial charge on any atom is 0.416 e. The van der Waals surface area contributed by atoms with Crippen LogP contribution in [-0.2, 0) is 15.8 Å². The number of ether oxygens (including phenoxy) is 2. The predicted molar refractivity (Wildman–Crippen MR) is 130 cm³/mol. The number of nitrogens with one attached hydrogen (secondary N) is 1. The lowest BCUT2D eigenvalue weighted by Crippen LogP contribution is -2.36. The number of imide groups is 1. The SMILES string of the molecule is COc1ccc(C(F)(F)F)cc1NC(=O)CN1C(=O)S/C(=C\c2ccc(OC)c3ccccc23)C1=O. The maximum atomic E-state index is 13.1. The van der Waals surface area contributed by atoms with Crippen molar-refractivity contribution in [1.29, 1.82) is 0 Å². The minimum absolute atomic E-state index is 0.00299. The first-order valence-electron chi connectivity index (χ1n) is 10.5.